The van der Waals surface area contributed by atoms with Crippen molar-refractivity contribution < 1.29 is 33.7 Å². The fourth-order valence-corrected chi connectivity index (χ4v) is 7.85. The van der Waals surface area contributed by atoms with Crippen LogP contribution in [0, 0.1) is 11.3 Å². The number of nitrogens with one attached hydrogen (secondary N) is 1. The Labute approximate surface area is 269 Å². The smallest absolute Gasteiger partial charge is 0.337 e. The van der Waals surface area contributed by atoms with Crippen molar-refractivity contribution >= 4 is 17.8 Å². The molecule has 0 saturated heterocycles. The van der Waals surface area contributed by atoms with E-state index in [1.54, 1.807) is 48.5 Å². The molecular weight excluding hydrogens is 582 g/mol. The molecule has 0 heterocycles. The minimum Gasteiger partial charge on any atom is -0.462 e. The Kier molecular flexibility index (Phi) is 9.38. The van der Waals surface area contributed by atoms with Crippen molar-refractivity contribution in [1.82, 2.24) is 5.32 Å². The maximum absolute atomic E-state index is 13.7. The normalized spacial score (nSPS) is 27.8. The monoisotopic (exact) mass is 623 g/mol. The van der Waals surface area contributed by atoms with Crippen LogP contribution in [0.5, 0.6) is 0 Å². The Morgan fingerprint density at radius 2 is 1.57 bits per heavy atom. The van der Waals surface area contributed by atoms with E-state index >= 15 is 0 Å². The molecule has 3 aromatic carbocycles. The lowest BCUT2D eigenvalue weighted by Gasteiger charge is -2.63. The van der Waals surface area contributed by atoms with Crippen LogP contribution in [0.4, 0.5) is 0 Å². The highest BCUT2D eigenvalue weighted by Gasteiger charge is 2.66. The predicted octanol–water partition coefficient (Wildman–Crippen LogP) is 5.86. The standard InChI is InChI=1S/C38H41NO7/c1-26(40)45-32-19-11-12-21-37(32)23-30-20-22-38(37,44-25-27-13-5-2-6-14-27)24-31(30)46-36(43)34(41)33(28-15-7-3-8-16-28)39-35(42)29-17-9-4-10-18-29/h2-18,30-34,41H,19-25H2,1H3,(H,39,42)/t30-,31-,32+,33-,34+,37+,38+/m0/s1. The molecule has 2 N–H and O–H groups in total. The average molecular weight is 624 g/mol. The molecule has 0 aromatic heterocycles. The number of aliphatic hydroxyl groups excluding tert-OH is 1. The van der Waals surface area contributed by atoms with Gasteiger partial charge in [0.15, 0.2) is 6.10 Å². The molecule has 3 aromatic rings. The number of fused-ring (bicyclic) bond motifs is 2. The van der Waals surface area contributed by atoms with Crippen LogP contribution < -0.4 is 5.32 Å². The number of carbonyl (C=O) groups is 3. The van der Waals surface area contributed by atoms with Crippen molar-refractivity contribution in [2.24, 2.45) is 11.3 Å². The molecule has 1 amide bonds. The summed E-state index contributed by atoms with van der Waals surface area (Å²) in [6, 6.07) is 26.5. The number of hydrogen-bond acceptors (Lipinski definition) is 7. The van der Waals surface area contributed by atoms with Crippen LogP contribution in [0.2, 0.25) is 0 Å². The molecule has 3 fully saturated rings. The van der Waals surface area contributed by atoms with Gasteiger partial charge < -0.3 is 24.6 Å². The van der Waals surface area contributed by atoms with E-state index in [0.717, 1.165) is 18.4 Å². The molecular formula is C38H41NO7. The van der Waals surface area contributed by atoms with E-state index in [0.29, 0.717) is 43.4 Å². The molecule has 4 aliphatic carbocycles. The minimum absolute atomic E-state index is 0.00278. The molecule has 2 bridgehead atoms. The third-order valence-electron chi connectivity index (χ3n) is 10.1. The molecule has 8 heteroatoms. The fraction of sp³-hybridized carbons (Fsp3) is 0.395. The molecule has 3 saturated carbocycles. The van der Waals surface area contributed by atoms with Gasteiger partial charge in [0.2, 0.25) is 0 Å². The summed E-state index contributed by atoms with van der Waals surface area (Å²) in [4.78, 5) is 39.1. The lowest BCUT2D eigenvalue weighted by atomic mass is 9.48. The van der Waals surface area contributed by atoms with Gasteiger partial charge in [-0.25, -0.2) is 4.79 Å². The van der Waals surface area contributed by atoms with Crippen LogP contribution in [0.25, 0.3) is 0 Å². The first kappa shape index (κ1) is 31.7. The van der Waals surface area contributed by atoms with Gasteiger partial charge in [-0.15, -0.1) is 0 Å². The van der Waals surface area contributed by atoms with Crippen molar-refractivity contribution in [3.8, 4) is 0 Å². The number of aliphatic hydroxyl groups is 1. The van der Waals surface area contributed by atoms with E-state index < -0.39 is 41.1 Å². The molecule has 8 nitrogen and oxygen atoms in total. The number of benzene rings is 3. The third-order valence-corrected chi connectivity index (χ3v) is 10.1. The van der Waals surface area contributed by atoms with Crippen molar-refractivity contribution in [1.29, 1.82) is 0 Å². The summed E-state index contributed by atoms with van der Waals surface area (Å²) in [7, 11) is 0. The molecule has 46 heavy (non-hydrogen) atoms. The van der Waals surface area contributed by atoms with Crippen molar-refractivity contribution in [2.45, 2.75) is 82.0 Å². The Hall–Kier alpha value is -4.27. The summed E-state index contributed by atoms with van der Waals surface area (Å²) in [6.07, 6.45) is 5.59. The lowest BCUT2D eigenvalue weighted by molar-refractivity contribution is -0.269. The summed E-state index contributed by atoms with van der Waals surface area (Å²) in [5.41, 5.74) is 0.835. The number of carbonyl (C=O) groups excluding carboxylic acids is 3. The summed E-state index contributed by atoms with van der Waals surface area (Å²) < 4.78 is 19.0. The molecule has 4 aliphatic rings. The molecule has 1 spiro atoms. The first-order valence-electron chi connectivity index (χ1n) is 16.1. The summed E-state index contributed by atoms with van der Waals surface area (Å²) in [5, 5.41) is 14.3. The average Bonchev–Trinajstić information content (AvgIpc) is 3.08. The van der Waals surface area contributed by atoms with Gasteiger partial charge in [-0.05, 0) is 54.9 Å². The number of amides is 1. The van der Waals surface area contributed by atoms with Crippen LogP contribution in [-0.4, -0.2) is 46.9 Å². The summed E-state index contributed by atoms with van der Waals surface area (Å²) in [5.74, 6) is -1.53. The van der Waals surface area contributed by atoms with Crippen molar-refractivity contribution in [2.75, 3.05) is 0 Å². The number of rotatable bonds is 10. The molecule has 7 rings (SSSR count). The number of hydrogen-bond donors (Lipinski definition) is 2. The van der Waals surface area contributed by atoms with Crippen LogP contribution in [0.15, 0.2) is 103 Å². The maximum atomic E-state index is 13.7. The van der Waals surface area contributed by atoms with Gasteiger partial charge in [0.25, 0.3) is 5.91 Å². The van der Waals surface area contributed by atoms with Gasteiger partial charge in [-0.3, -0.25) is 9.59 Å². The van der Waals surface area contributed by atoms with Gasteiger partial charge in [0, 0.05) is 30.7 Å². The maximum Gasteiger partial charge on any atom is 0.337 e. The topological polar surface area (TPSA) is 111 Å². The van der Waals surface area contributed by atoms with Crippen LogP contribution in [0.3, 0.4) is 0 Å². The van der Waals surface area contributed by atoms with Crippen LogP contribution in [-0.2, 0) is 30.4 Å². The summed E-state index contributed by atoms with van der Waals surface area (Å²) >= 11 is 0. The largest absolute Gasteiger partial charge is 0.462 e. The van der Waals surface area contributed by atoms with Crippen LogP contribution in [0.1, 0.15) is 73.0 Å². The summed E-state index contributed by atoms with van der Waals surface area (Å²) in [6.45, 7) is 1.81. The second kappa shape index (κ2) is 13.6. The zero-order chi connectivity index (χ0) is 32.1. The molecule has 7 atom stereocenters. The first-order chi connectivity index (χ1) is 22.3. The Bertz CT molecular complexity index is 1540. The third kappa shape index (κ3) is 6.37. The quantitative estimate of drug-likeness (QED) is 0.215. The van der Waals surface area contributed by atoms with Gasteiger partial charge in [-0.2, -0.15) is 0 Å². The van der Waals surface area contributed by atoms with E-state index in [-0.39, 0.29) is 18.0 Å². The second-order valence-electron chi connectivity index (χ2n) is 12.8. The first-order valence-corrected chi connectivity index (χ1v) is 16.1. The Morgan fingerprint density at radius 1 is 0.891 bits per heavy atom. The van der Waals surface area contributed by atoms with Crippen molar-refractivity contribution in [3.05, 3.63) is 120 Å². The number of allylic oxidation sites excluding steroid dienone is 1. The Morgan fingerprint density at radius 3 is 2.26 bits per heavy atom. The van der Waals surface area contributed by atoms with Gasteiger partial charge in [0.05, 0.1) is 18.2 Å². The van der Waals surface area contributed by atoms with E-state index in [2.05, 4.69) is 17.5 Å². The molecule has 240 valence electrons. The lowest BCUT2D eigenvalue weighted by Crippen LogP contribution is -2.67. The van der Waals surface area contributed by atoms with E-state index in [4.69, 9.17) is 14.2 Å². The van der Waals surface area contributed by atoms with E-state index in [1.165, 1.54) is 6.92 Å². The predicted molar refractivity (Wildman–Crippen MR) is 171 cm³/mol. The SMILES string of the molecule is CC(=O)O[C@@H]1CC=CC[C@@]12C[C@@H]1CC[C@@]2(OCc2ccccc2)C[C@@H]1OC(=O)[C@H](O)[C@@H](NC(=O)c1ccccc1)c1ccccc1. The van der Waals surface area contributed by atoms with Gasteiger partial charge in [0.1, 0.15) is 12.2 Å². The van der Waals surface area contributed by atoms with Crippen LogP contribution >= 0.6 is 0 Å². The van der Waals surface area contributed by atoms with Gasteiger partial charge in [-0.1, -0.05) is 91.0 Å². The zero-order valence-electron chi connectivity index (χ0n) is 26.0. The Balaban J connectivity index is 1.25. The highest BCUT2D eigenvalue weighted by molar-refractivity contribution is 5.94. The fourth-order valence-electron chi connectivity index (χ4n) is 7.85. The number of ether oxygens (including phenoxy) is 3. The van der Waals surface area contributed by atoms with E-state index in [1.807, 2.05) is 42.5 Å². The molecule has 0 unspecified atom stereocenters. The van der Waals surface area contributed by atoms with E-state index in [9.17, 15) is 19.5 Å². The molecule has 0 radical (unpaired) electrons. The minimum atomic E-state index is -1.64. The van der Waals surface area contributed by atoms with Gasteiger partial charge >= 0.3 is 11.9 Å². The highest BCUT2D eigenvalue weighted by atomic mass is 16.6. The second-order valence-corrected chi connectivity index (χ2v) is 12.8. The number of esters is 2. The van der Waals surface area contributed by atoms with Crippen molar-refractivity contribution in [3.63, 3.8) is 0 Å². The zero-order valence-corrected chi connectivity index (χ0v) is 26.0. The molecule has 0 aliphatic heterocycles. The highest BCUT2D eigenvalue weighted by Crippen LogP contribution is 2.63.